The van der Waals surface area contributed by atoms with Gasteiger partial charge in [-0.1, -0.05) is 36.8 Å². The molecule has 2 aromatic rings. The third-order valence-corrected chi connectivity index (χ3v) is 7.49. The maximum atomic E-state index is 13.5. The number of pyridine rings is 1. The van der Waals surface area contributed by atoms with Gasteiger partial charge >= 0.3 is 0 Å². The summed E-state index contributed by atoms with van der Waals surface area (Å²) in [5, 5.41) is 13.1. The maximum absolute atomic E-state index is 13.5. The molecule has 32 heavy (non-hydrogen) atoms. The summed E-state index contributed by atoms with van der Waals surface area (Å²) in [4.78, 5) is 41.6. The minimum atomic E-state index is -0.708. The summed E-state index contributed by atoms with van der Waals surface area (Å²) in [6.07, 6.45) is 2.68. The van der Waals surface area contributed by atoms with Gasteiger partial charge in [0.25, 0.3) is 5.56 Å². The van der Waals surface area contributed by atoms with Crippen LogP contribution in [-0.2, 0) is 16.1 Å². The first-order valence-corrected chi connectivity index (χ1v) is 11.6. The molecule has 4 atom stereocenters. The lowest BCUT2D eigenvalue weighted by atomic mass is 9.84. The average molecular weight is 436 g/mol. The van der Waals surface area contributed by atoms with Crippen LogP contribution >= 0.6 is 0 Å². The number of nitrogens with zero attached hydrogens (tertiary/aromatic N) is 2. The summed E-state index contributed by atoms with van der Waals surface area (Å²) in [6.45, 7) is 2.51. The molecule has 3 aliphatic rings. The number of amides is 2. The van der Waals surface area contributed by atoms with Crippen molar-refractivity contribution in [3.8, 4) is 11.1 Å². The number of rotatable bonds is 5. The zero-order chi connectivity index (χ0) is 22.4. The Morgan fingerprint density at radius 2 is 1.88 bits per heavy atom. The van der Waals surface area contributed by atoms with Crippen molar-refractivity contribution in [1.29, 1.82) is 0 Å². The van der Waals surface area contributed by atoms with E-state index >= 15 is 0 Å². The predicted octanol–water partition coefficient (Wildman–Crippen LogP) is 1.94. The number of hydrogen-bond donors (Lipinski definition) is 2. The number of benzene rings is 1. The number of carbonyl (C=O) groups is 2. The van der Waals surface area contributed by atoms with Crippen LogP contribution in [0.15, 0.2) is 47.3 Å². The van der Waals surface area contributed by atoms with Gasteiger partial charge in [-0.3, -0.25) is 14.4 Å². The van der Waals surface area contributed by atoms with E-state index in [0.717, 1.165) is 30.5 Å². The second-order valence-electron chi connectivity index (χ2n) is 9.12. The SMILES string of the molecule is CCNC(=O)[C@@H]1[C@@H](CO)[C@@H]2Cn3c(ccc(-c4ccccc4)c3=O)[C@@H]2N1C(=O)C1CCC1. The zero-order valence-electron chi connectivity index (χ0n) is 18.2. The third-order valence-electron chi connectivity index (χ3n) is 7.49. The number of aliphatic hydroxyl groups is 1. The largest absolute Gasteiger partial charge is 0.396 e. The van der Waals surface area contributed by atoms with Crippen LogP contribution in [0.5, 0.6) is 0 Å². The molecule has 1 aromatic carbocycles. The molecule has 2 aliphatic heterocycles. The van der Waals surface area contributed by atoms with Crippen molar-refractivity contribution >= 4 is 11.8 Å². The van der Waals surface area contributed by atoms with E-state index in [1.54, 1.807) is 9.47 Å². The number of nitrogens with one attached hydrogen (secondary N) is 1. The van der Waals surface area contributed by atoms with Crippen LogP contribution in [0.25, 0.3) is 11.1 Å². The molecule has 2 amide bonds. The van der Waals surface area contributed by atoms with Gasteiger partial charge in [0.2, 0.25) is 11.8 Å². The summed E-state index contributed by atoms with van der Waals surface area (Å²) in [5.74, 6) is -0.894. The Bertz CT molecular complexity index is 1090. The van der Waals surface area contributed by atoms with E-state index in [-0.39, 0.29) is 41.9 Å². The summed E-state index contributed by atoms with van der Waals surface area (Å²) >= 11 is 0. The highest BCUT2D eigenvalue weighted by Crippen LogP contribution is 2.50. The van der Waals surface area contributed by atoms with Crippen molar-refractivity contribution in [2.24, 2.45) is 17.8 Å². The van der Waals surface area contributed by atoms with Crippen molar-refractivity contribution in [2.75, 3.05) is 13.2 Å². The first-order valence-electron chi connectivity index (χ1n) is 11.6. The number of likely N-dealkylation sites (N-methyl/N-ethyl adjacent to an activating group) is 1. The average Bonchev–Trinajstić information content (AvgIpc) is 3.28. The van der Waals surface area contributed by atoms with Crippen LogP contribution in [0, 0.1) is 17.8 Å². The minimum absolute atomic E-state index is 0.0218. The van der Waals surface area contributed by atoms with E-state index in [4.69, 9.17) is 0 Å². The Morgan fingerprint density at radius 1 is 1.12 bits per heavy atom. The molecule has 3 heterocycles. The van der Waals surface area contributed by atoms with E-state index in [0.29, 0.717) is 18.7 Å². The number of aromatic nitrogens is 1. The molecule has 7 heteroatoms. The summed E-state index contributed by atoms with van der Waals surface area (Å²) in [7, 11) is 0. The second-order valence-corrected chi connectivity index (χ2v) is 9.12. The van der Waals surface area contributed by atoms with Gasteiger partial charge < -0.3 is 19.9 Å². The first-order chi connectivity index (χ1) is 15.6. The highest BCUT2D eigenvalue weighted by atomic mass is 16.3. The Labute approximate surface area is 187 Å². The van der Waals surface area contributed by atoms with Gasteiger partial charge in [-0.15, -0.1) is 0 Å². The monoisotopic (exact) mass is 435 g/mol. The van der Waals surface area contributed by atoms with Crippen LogP contribution in [-0.4, -0.2) is 45.6 Å². The second kappa shape index (κ2) is 8.20. The fourth-order valence-corrected chi connectivity index (χ4v) is 5.71. The summed E-state index contributed by atoms with van der Waals surface area (Å²) < 4.78 is 1.75. The molecule has 1 saturated carbocycles. The molecule has 7 nitrogen and oxygen atoms in total. The van der Waals surface area contributed by atoms with E-state index in [1.807, 2.05) is 49.4 Å². The van der Waals surface area contributed by atoms with Crippen molar-refractivity contribution in [3.63, 3.8) is 0 Å². The lowest BCUT2D eigenvalue weighted by Crippen LogP contribution is -2.52. The van der Waals surface area contributed by atoms with Crippen LogP contribution in [0.4, 0.5) is 0 Å². The van der Waals surface area contributed by atoms with E-state index in [1.165, 1.54) is 0 Å². The Balaban J connectivity index is 1.60. The third kappa shape index (κ3) is 3.10. The quantitative estimate of drug-likeness (QED) is 0.751. The lowest BCUT2D eigenvalue weighted by Gasteiger charge is -2.36. The fourth-order valence-electron chi connectivity index (χ4n) is 5.71. The highest BCUT2D eigenvalue weighted by molar-refractivity contribution is 5.90. The topological polar surface area (TPSA) is 91.6 Å². The number of hydrogen-bond acceptors (Lipinski definition) is 4. The standard InChI is InChI=1S/C25H29N3O4/c1-2-26-23(30)22-19(14-29)18-13-27-20(21(18)28(22)24(31)16-9-6-10-16)12-11-17(25(27)32)15-7-4-3-5-8-15/h3-5,7-8,11-12,16,18-19,21-22,29H,2,6,9-10,13-14H2,1H3,(H,26,30)/t18-,19-,21+,22-/m0/s1. The smallest absolute Gasteiger partial charge is 0.258 e. The molecule has 168 valence electrons. The van der Waals surface area contributed by atoms with Crippen LogP contribution in [0.2, 0.25) is 0 Å². The van der Waals surface area contributed by atoms with Crippen molar-refractivity contribution < 1.29 is 14.7 Å². The normalized spacial score (nSPS) is 26.4. The number of aliphatic hydroxyl groups excluding tert-OH is 1. The molecule has 0 radical (unpaired) electrons. The molecule has 2 fully saturated rings. The van der Waals surface area contributed by atoms with E-state index in [2.05, 4.69) is 5.32 Å². The van der Waals surface area contributed by atoms with Crippen molar-refractivity contribution in [3.05, 3.63) is 58.5 Å². The van der Waals surface area contributed by atoms with Crippen LogP contribution in [0.3, 0.4) is 0 Å². The van der Waals surface area contributed by atoms with E-state index in [9.17, 15) is 19.5 Å². The lowest BCUT2D eigenvalue weighted by molar-refractivity contribution is -0.147. The molecule has 1 saturated heterocycles. The van der Waals surface area contributed by atoms with Crippen LogP contribution < -0.4 is 10.9 Å². The van der Waals surface area contributed by atoms with Gasteiger partial charge in [-0.05, 0) is 37.5 Å². The molecular formula is C25H29N3O4. The minimum Gasteiger partial charge on any atom is -0.396 e. The fraction of sp³-hybridized carbons (Fsp3) is 0.480. The predicted molar refractivity (Wildman–Crippen MR) is 120 cm³/mol. The van der Waals surface area contributed by atoms with Gasteiger partial charge in [0, 0.05) is 48.7 Å². The van der Waals surface area contributed by atoms with E-state index < -0.39 is 12.0 Å². The molecule has 2 N–H and O–H groups in total. The zero-order valence-corrected chi connectivity index (χ0v) is 18.2. The summed E-state index contributed by atoms with van der Waals surface area (Å²) in [6, 6.07) is 12.2. The molecule has 0 bridgehead atoms. The molecule has 1 aromatic heterocycles. The van der Waals surface area contributed by atoms with Crippen molar-refractivity contribution in [2.45, 2.75) is 44.8 Å². The molecular weight excluding hydrogens is 406 g/mol. The number of carbonyl (C=O) groups excluding carboxylic acids is 2. The Morgan fingerprint density at radius 3 is 2.50 bits per heavy atom. The van der Waals surface area contributed by atoms with Gasteiger partial charge in [0.15, 0.2) is 0 Å². The van der Waals surface area contributed by atoms with Gasteiger partial charge in [0.05, 0.1) is 6.04 Å². The Kier molecular flexibility index (Phi) is 5.37. The summed E-state index contributed by atoms with van der Waals surface area (Å²) in [5.41, 5.74) is 2.14. The maximum Gasteiger partial charge on any atom is 0.258 e. The first kappa shape index (κ1) is 20.9. The highest BCUT2D eigenvalue weighted by Gasteiger charge is 2.58. The van der Waals surface area contributed by atoms with Gasteiger partial charge in [0.1, 0.15) is 6.04 Å². The van der Waals surface area contributed by atoms with Crippen LogP contribution in [0.1, 0.15) is 37.9 Å². The van der Waals surface area contributed by atoms with Crippen molar-refractivity contribution in [1.82, 2.24) is 14.8 Å². The van der Waals surface area contributed by atoms with Gasteiger partial charge in [-0.2, -0.15) is 0 Å². The Hall–Kier alpha value is -2.93. The molecule has 0 unspecified atom stereocenters. The van der Waals surface area contributed by atoms with Gasteiger partial charge in [-0.25, -0.2) is 0 Å². The molecule has 5 rings (SSSR count). The molecule has 1 aliphatic carbocycles. The number of likely N-dealkylation sites (tertiary alicyclic amines) is 1. The molecule has 0 spiro atoms. The number of fused-ring (bicyclic) bond motifs is 3.